The van der Waals surface area contributed by atoms with Crippen molar-refractivity contribution in [3.8, 4) is 28.0 Å². The number of carbonyl (C=O) groups is 4. The van der Waals surface area contributed by atoms with Crippen molar-refractivity contribution in [1.29, 1.82) is 5.26 Å². The second-order valence-electron chi connectivity index (χ2n) is 20.6. The number of nitriles is 1. The van der Waals surface area contributed by atoms with Crippen molar-refractivity contribution in [2.24, 2.45) is 16.2 Å². The molecule has 6 rings (SSSR count). The summed E-state index contributed by atoms with van der Waals surface area (Å²) in [4.78, 5) is 61.4. The maximum absolute atomic E-state index is 14.2. The number of urea groups is 1. The smallest absolute Gasteiger partial charge is 0.318 e. The highest BCUT2D eigenvalue weighted by Crippen LogP contribution is 2.55. The standard InChI is InChI=1S/C53H68ClN7O8S/c1-32-45(70-31-57-32)34-15-13-33(14-16-34)41(28-56-9)58-50(66)61-29-37(62)25-42(61)44(64)46(51(2,3)4)59-43(63)30-67-23-11-10-12-24-68-38-20-17-35(18-21-38)47(65)60-48-52(5,6)49(53(48,7)8)69-39-22-19-36(27-55)40(54)26-39/h13-22,26,31,37,41-42,46,48-49,56,62H,10-12,23-25,28-30H2,1-9H3,(H,58,66)(H,59,63)(H,60,65)/t37-,41?,42?,46+,48-,49-/m0/s1. The molecule has 1 saturated heterocycles. The Morgan fingerprint density at radius 2 is 1.63 bits per heavy atom. The van der Waals surface area contributed by atoms with Crippen LogP contribution in [0.3, 0.4) is 0 Å². The van der Waals surface area contributed by atoms with Crippen LogP contribution in [0.4, 0.5) is 4.79 Å². The van der Waals surface area contributed by atoms with Gasteiger partial charge in [-0.1, -0.05) is 84.3 Å². The summed E-state index contributed by atoms with van der Waals surface area (Å²) in [6.07, 6.45) is 1.17. The molecule has 1 aliphatic heterocycles. The van der Waals surface area contributed by atoms with Gasteiger partial charge in [-0.05, 0) is 86.2 Å². The van der Waals surface area contributed by atoms with Gasteiger partial charge in [0, 0.05) is 54.6 Å². The lowest BCUT2D eigenvalue weighted by Gasteiger charge is -2.63. The Bertz CT molecular complexity index is 2490. The first-order valence-corrected chi connectivity index (χ1v) is 25.1. The largest absolute Gasteiger partial charge is 0.494 e. The Balaban J connectivity index is 0.903. The number of aliphatic hydroxyl groups is 1. The van der Waals surface area contributed by atoms with E-state index in [4.69, 9.17) is 25.8 Å². The lowest BCUT2D eigenvalue weighted by atomic mass is 9.49. The van der Waals surface area contributed by atoms with Crippen molar-refractivity contribution in [3.63, 3.8) is 0 Å². The highest BCUT2D eigenvalue weighted by molar-refractivity contribution is 7.13. The fourth-order valence-electron chi connectivity index (χ4n) is 9.90. The minimum Gasteiger partial charge on any atom is -0.494 e. The van der Waals surface area contributed by atoms with Gasteiger partial charge >= 0.3 is 6.03 Å². The van der Waals surface area contributed by atoms with Crippen molar-refractivity contribution in [3.05, 3.63) is 99.6 Å². The Hall–Kier alpha value is -5.57. The summed E-state index contributed by atoms with van der Waals surface area (Å²) in [5.41, 5.74) is 4.10. The van der Waals surface area contributed by atoms with Gasteiger partial charge in [0.25, 0.3) is 5.91 Å². The molecule has 376 valence electrons. The molecule has 2 unspecified atom stereocenters. The highest BCUT2D eigenvalue weighted by Gasteiger charge is 2.64. The number of nitrogens with zero attached hydrogens (tertiary/aromatic N) is 3. The van der Waals surface area contributed by atoms with E-state index in [0.29, 0.717) is 53.8 Å². The summed E-state index contributed by atoms with van der Waals surface area (Å²) in [5, 5.41) is 32.5. The number of likely N-dealkylation sites (N-methyl/N-ethyl adjacent to an activating group) is 1. The molecular formula is C53H68ClN7O8S. The monoisotopic (exact) mass is 997 g/mol. The Morgan fingerprint density at radius 1 is 0.957 bits per heavy atom. The number of carbonyl (C=O) groups excluding carboxylic acids is 4. The minimum absolute atomic E-state index is 0.0146. The van der Waals surface area contributed by atoms with Gasteiger partial charge in [-0.15, -0.1) is 11.3 Å². The van der Waals surface area contributed by atoms with E-state index in [-0.39, 0.29) is 43.4 Å². The average molecular weight is 999 g/mol. The number of rotatable bonds is 21. The van der Waals surface area contributed by atoms with E-state index in [1.807, 2.05) is 57.5 Å². The molecule has 0 spiro atoms. The lowest BCUT2D eigenvalue weighted by molar-refractivity contribution is -0.164. The van der Waals surface area contributed by atoms with E-state index in [2.05, 4.69) is 60.0 Å². The van der Waals surface area contributed by atoms with Crippen LogP contribution in [-0.2, 0) is 14.3 Å². The molecule has 2 aliphatic rings. The SMILES string of the molecule is CNCC(NC(=O)N1C[C@@H](O)CC1C(=O)[C@@H](NC(=O)COCCCCCOc1ccc(C(=O)N[C@H]2C(C)(C)[C@H](Oc3ccc(C#N)c(Cl)c3)C2(C)C)cc1)C(C)(C)C)c1ccc(-c2scnc2C)cc1. The van der Waals surface area contributed by atoms with Crippen LogP contribution >= 0.6 is 22.9 Å². The van der Waals surface area contributed by atoms with E-state index in [1.54, 1.807) is 60.8 Å². The Labute approximate surface area is 421 Å². The van der Waals surface area contributed by atoms with Crippen LogP contribution in [0.15, 0.2) is 72.2 Å². The number of halogens is 1. The zero-order valence-electron chi connectivity index (χ0n) is 41.7. The first kappa shape index (κ1) is 53.8. The fraction of sp³-hybridized carbons (Fsp3) is 0.509. The van der Waals surface area contributed by atoms with Crippen LogP contribution in [0, 0.1) is 34.5 Å². The van der Waals surface area contributed by atoms with E-state index in [1.165, 1.54) is 4.90 Å². The van der Waals surface area contributed by atoms with Crippen LogP contribution in [0.2, 0.25) is 5.02 Å². The molecule has 2 heterocycles. The van der Waals surface area contributed by atoms with Gasteiger partial charge in [0.1, 0.15) is 30.3 Å². The molecule has 3 aromatic carbocycles. The number of likely N-dealkylation sites (tertiary alicyclic amines) is 1. The summed E-state index contributed by atoms with van der Waals surface area (Å²) in [5.74, 6) is 0.224. The number of benzene rings is 3. The molecule has 17 heteroatoms. The molecule has 1 aliphatic carbocycles. The number of hydrogen-bond acceptors (Lipinski definition) is 12. The summed E-state index contributed by atoms with van der Waals surface area (Å²) in [7, 11) is 1.80. The normalized spacial score (nSPS) is 20.1. The second-order valence-corrected chi connectivity index (χ2v) is 21.8. The first-order chi connectivity index (χ1) is 33.1. The van der Waals surface area contributed by atoms with Crippen molar-refractivity contribution >= 4 is 46.6 Å². The number of β-amino-alcohol motifs (C(OH)–C–C–N with tert-alkyl or cyclic N) is 1. The minimum atomic E-state index is -0.941. The number of ketones is 1. The second kappa shape index (κ2) is 23.1. The lowest BCUT2D eigenvalue weighted by Crippen LogP contribution is -2.74. The molecule has 4 amide bonds. The van der Waals surface area contributed by atoms with Crippen molar-refractivity contribution < 1.29 is 38.5 Å². The molecule has 0 radical (unpaired) electrons. The van der Waals surface area contributed by atoms with E-state index < -0.39 is 52.4 Å². The molecular weight excluding hydrogens is 930 g/mol. The number of aromatic nitrogens is 1. The van der Waals surface area contributed by atoms with Crippen LogP contribution in [-0.4, -0.2) is 109 Å². The number of unbranched alkanes of at least 4 members (excludes halogenated alkanes) is 2. The van der Waals surface area contributed by atoms with Crippen molar-refractivity contribution in [2.45, 2.75) is 117 Å². The third kappa shape index (κ3) is 12.8. The van der Waals surface area contributed by atoms with E-state index in [9.17, 15) is 29.5 Å². The number of amides is 4. The van der Waals surface area contributed by atoms with Gasteiger partial charge in [0.15, 0.2) is 5.78 Å². The number of hydrogen-bond donors (Lipinski definition) is 5. The van der Waals surface area contributed by atoms with Crippen LogP contribution < -0.4 is 30.7 Å². The number of nitrogens with one attached hydrogen (secondary N) is 4. The topological polar surface area (TPSA) is 204 Å². The van der Waals surface area contributed by atoms with Gasteiger partial charge in [-0.2, -0.15) is 5.26 Å². The van der Waals surface area contributed by atoms with Crippen molar-refractivity contribution in [2.75, 3.05) is 40.0 Å². The molecule has 4 atom stereocenters. The maximum atomic E-state index is 14.2. The van der Waals surface area contributed by atoms with Gasteiger partial charge in [0.05, 0.1) is 57.5 Å². The molecule has 70 heavy (non-hydrogen) atoms. The van der Waals surface area contributed by atoms with Crippen molar-refractivity contribution in [1.82, 2.24) is 31.2 Å². The van der Waals surface area contributed by atoms with Gasteiger partial charge in [-0.25, -0.2) is 9.78 Å². The summed E-state index contributed by atoms with van der Waals surface area (Å²) in [6, 6.07) is 19.1. The maximum Gasteiger partial charge on any atom is 0.318 e. The quantitative estimate of drug-likeness (QED) is 0.0506. The van der Waals surface area contributed by atoms with Gasteiger partial charge in [0.2, 0.25) is 5.91 Å². The molecule has 5 N–H and O–H groups in total. The average Bonchev–Trinajstić information content (AvgIpc) is 3.94. The van der Waals surface area contributed by atoms with Crippen LogP contribution in [0.25, 0.3) is 10.4 Å². The van der Waals surface area contributed by atoms with Crippen LogP contribution in [0.1, 0.15) is 107 Å². The predicted molar refractivity (Wildman–Crippen MR) is 271 cm³/mol. The fourth-order valence-corrected chi connectivity index (χ4v) is 10.9. The zero-order valence-corrected chi connectivity index (χ0v) is 43.3. The molecule has 15 nitrogen and oxygen atoms in total. The number of thiazole rings is 1. The Kier molecular flexibility index (Phi) is 17.8. The number of aryl methyl sites for hydroxylation is 1. The third-order valence-electron chi connectivity index (χ3n) is 13.3. The summed E-state index contributed by atoms with van der Waals surface area (Å²) < 4.78 is 18.0. The van der Waals surface area contributed by atoms with Gasteiger partial charge < -0.3 is 45.5 Å². The van der Waals surface area contributed by atoms with Crippen LogP contribution in [0.5, 0.6) is 11.5 Å². The third-order valence-corrected chi connectivity index (χ3v) is 14.6. The molecule has 0 bridgehead atoms. The highest BCUT2D eigenvalue weighted by atomic mass is 35.5. The molecule has 1 saturated carbocycles. The van der Waals surface area contributed by atoms with E-state index in [0.717, 1.165) is 34.5 Å². The zero-order chi connectivity index (χ0) is 51.0. The number of Topliss-reactive ketones (excluding diaryl/α,β-unsaturated/α-hetero) is 1. The summed E-state index contributed by atoms with van der Waals surface area (Å²) >= 11 is 7.81. The molecule has 4 aromatic rings. The first-order valence-electron chi connectivity index (χ1n) is 23.9. The number of aliphatic hydroxyl groups excluding tert-OH is 1. The van der Waals surface area contributed by atoms with E-state index >= 15 is 0 Å². The number of ether oxygens (including phenoxy) is 3. The molecule has 2 fully saturated rings. The van der Waals surface area contributed by atoms with Gasteiger partial charge in [-0.3, -0.25) is 14.4 Å². The molecule has 1 aromatic heterocycles. The Morgan fingerprint density at radius 3 is 2.24 bits per heavy atom. The predicted octanol–water partition coefficient (Wildman–Crippen LogP) is 8.03. The summed E-state index contributed by atoms with van der Waals surface area (Å²) in [6.45, 7) is 16.7.